The molecule has 2 aliphatic rings. The minimum Gasteiger partial charge on any atom is -0.494 e. The van der Waals surface area contributed by atoms with E-state index in [9.17, 15) is 4.79 Å². The Morgan fingerprint density at radius 3 is 2.39 bits per heavy atom. The molecule has 4 aromatic carbocycles. The average molecular weight is 657 g/mol. The highest BCUT2D eigenvalue weighted by Gasteiger charge is 2.53. The van der Waals surface area contributed by atoms with E-state index in [-0.39, 0.29) is 25.0 Å². The van der Waals surface area contributed by atoms with Crippen molar-refractivity contribution in [2.45, 2.75) is 43.4 Å². The Kier molecular flexibility index (Phi) is 10.0. The van der Waals surface area contributed by atoms with Crippen LogP contribution in [0.25, 0.3) is 6.08 Å². The summed E-state index contributed by atoms with van der Waals surface area (Å²) in [5, 5.41) is 9.93. The lowest BCUT2D eigenvalue weighted by atomic mass is 9.84. The first kappa shape index (κ1) is 31.8. The van der Waals surface area contributed by atoms with E-state index in [1.54, 1.807) is 18.2 Å². The van der Waals surface area contributed by atoms with Gasteiger partial charge in [0.05, 0.1) is 6.61 Å². The number of hydrogen-bond donors (Lipinski definition) is 3. The number of halogens is 2. The number of fused-ring (bicyclic) bond motifs is 1. The van der Waals surface area contributed by atoms with Gasteiger partial charge in [0.2, 0.25) is 5.90 Å². The van der Waals surface area contributed by atoms with Crippen LogP contribution in [0.2, 0.25) is 10.0 Å². The van der Waals surface area contributed by atoms with Crippen LogP contribution in [0.15, 0.2) is 108 Å². The number of aliphatic imine (C=N–C) groups is 1. The monoisotopic (exact) mass is 655 g/mol. The van der Waals surface area contributed by atoms with Gasteiger partial charge in [0.25, 0.3) is 5.91 Å². The SMILES string of the molecule is O=C(NNC1Cc2ccccc2C1)[C@@]1(C/C=C/c2ccccc2)N=C(c2ccc(OCCCO)cc2)O[C@H]1c1ccc(Cl)cc1Cl. The molecule has 1 aliphatic carbocycles. The molecule has 7 nitrogen and oxygen atoms in total. The number of hydrogen-bond acceptors (Lipinski definition) is 6. The number of benzene rings is 4. The molecule has 0 bridgehead atoms. The predicted octanol–water partition coefficient (Wildman–Crippen LogP) is 6.90. The summed E-state index contributed by atoms with van der Waals surface area (Å²) in [6, 6.07) is 30.7. The second-order valence-electron chi connectivity index (χ2n) is 11.4. The summed E-state index contributed by atoms with van der Waals surface area (Å²) in [6.07, 6.45) is 5.46. The third-order valence-corrected chi connectivity index (χ3v) is 8.82. The highest BCUT2D eigenvalue weighted by Crippen LogP contribution is 2.45. The van der Waals surface area contributed by atoms with E-state index in [2.05, 4.69) is 23.0 Å². The summed E-state index contributed by atoms with van der Waals surface area (Å²) < 4.78 is 12.3. The zero-order valence-corrected chi connectivity index (χ0v) is 26.7. The number of aliphatic hydroxyl groups is 1. The predicted molar refractivity (Wildman–Crippen MR) is 182 cm³/mol. The Hall–Kier alpha value is -4.14. The van der Waals surface area contributed by atoms with Crippen molar-refractivity contribution in [3.63, 3.8) is 0 Å². The van der Waals surface area contributed by atoms with Gasteiger partial charge in [-0.15, -0.1) is 0 Å². The van der Waals surface area contributed by atoms with E-state index < -0.39 is 11.6 Å². The Labute approximate surface area is 278 Å². The minimum absolute atomic E-state index is 0.0416. The van der Waals surface area contributed by atoms with Crippen LogP contribution in [-0.2, 0) is 22.4 Å². The van der Waals surface area contributed by atoms with Crippen molar-refractivity contribution < 1.29 is 19.4 Å². The molecular formula is C37H35Cl2N3O4. The largest absolute Gasteiger partial charge is 0.494 e. The quantitative estimate of drug-likeness (QED) is 0.114. The molecule has 0 unspecified atom stereocenters. The molecule has 236 valence electrons. The van der Waals surface area contributed by atoms with Crippen LogP contribution in [0.1, 0.15) is 46.8 Å². The molecule has 0 aromatic heterocycles. The molecule has 1 amide bonds. The van der Waals surface area contributed by atoms with Gasteiger partial charge in [0.15, 0.2) is 11.6 Å². The number of aliphatic hydroxyl groups excluding tert-OH is 1. The van der Waals surface area contributed by atoms with Crippen molar-refractivity contribution >= 4 is 41.1 Å². The summed E-state index contributed by atoms with van der Waals surface area (Å²) >= 11 is 13.0. The fourth-order valence-electron chi connectivity index (χ4n) is 5.88. The van der Waals surface area contributed by atoms with Crippen molar-refractivity contribution in [3.8, 4) is 5.75 Å². The number of carbonyl (C=O) groups excluding carboxylic acids is 1. The molecule has 0 radical (unpaired) electrons. The van der Waals surface area contributed by atoms with E-state index in [0.29, 0.717) is 45.8 Å². The molecular weight excluding hydrogens is 621 g/mol. The standard InChI is InChI=1S/C37H35Cl2N3O4/c38-29-15-18-32(33(39)24-29)34-37(19-6-10-25-8-2-1-3-9-25,36(44)42-41-30-22-27-11-4-5-12-28(27)23-30)40-35(46-34)26-13-16-31(17-14-26)45-21-7-20-43/h1-6,8-18,24,30,34,41,43H,7,19-23H2,(H,42,44)/b10-6+/t34-,37-/m0/s1. The summed E-state index contributed by atoms with van der Waals surface area (Å²) in [6.45, 7) is 0.462. The lowest BCUT2D eigenvalue weighted by Crippen LogP contribution is -2.55. The third-order valence-electron chi connectivity index (χ3n) is 8.25. The smallest absolute Gasteiger partial charge is 0.266 e. The van der Waals surface area contributed by atoms with Crippen LogP contribution in [0.5, 0.6) is 5.75 Å². The fourth-order valence-corrected chi connectivity index (χ4v) is 6.39. The van der Waals surface area contributed by atoms with E-state index >= 15 is 0 Å². The van der Waals surface area contributed by atoms with Gasteiger partial charge < -0.3 is 14.6 Å². The number of rotatable bonds is 12. The van der Waals surface area contributed by atoms with Crippen LogP contribution < -0.4 is 15.6 Å². The van der Waals surface area contributed by atoms with Gasteiger partial charge in [0, 0.05) is 46.7 Å². The zero-order chi connectivity index (χ0) is 31.9. The summed E-state index contributed by atoms with van der Waals surface area (Å²) in [4.78, 5) is 19.5. The molecule has 1 heterocycles. The van der Waals surface area contributed by atoms with E-state index in [0.717, 1.165) is 18.4 Å². The van der Waals surface area contributed by atoms with Crippen LogP contribution >= 0.6 is 23.2 Å². The fraction of sp³-hybridized carbons (Fsp3) is 0.243. The van der Waals surface area contributed by atoms with Crippen LogP contribution in [-0.4, -0.2) is 41.7 Å². The maximum atomic E-state index is 14.5. The number of hydrazine groups is 1. The van der Waals surface area contributed by atoms with Gasteiger partial charge in [-0.25, -0.2) is 10.4 Å². The minimum atomic E-state index is -1.41. The lowest BCUT2D eigenvalue weighted by Gasteiger charge is -2.31. The number of nitrogens with one attached hydrogen (secondary N) is 2. The first-order chi connectivity index (χ1) is 22.4. The Balaban J connectivity index is 1.35. The van der Waals surface area contributed by atoms with Gasteiger partial charge in [-0.05, 0) is 65.9 Å². The molecule has 3 N–H and O–H groups in total. The van der Waals surface area contributed by atoms with Crippen molar-refractivity contribution in [3.05, 3.63) is 141 Å². The van der Waals surface area contributed by atoms with Crippen molar-refractivity contribution in [2.75, 3.05) is 13.2 Å². The molecule has 9 heteroatoms. The maximum absolute atomic E-state index is 14.5. The molecule has 0 saturated carbocycles. The second kappa shape index (κ2) is 14.5. The topological polar surface area (TPSA) is 92.2 Å². The van der Waals surface area contributed by atoms with Crippen LogP contribution in [0.3, 0.4) is 0 Å². The lowest BCUT2D eigenvalue weighted by molar-refractivity contribution is -0.130. The molecule has 0 spiro atoms. The summed E-state index contributed by atoms with van der Waals surface area (Å²) in [7, 11) is 0. The third kappa shape index (κ3) is 7.13. The van der Waals surface area contributed by atoms with Gasteiger partial charge in [-0.1, -0.05) is 96.0 Å². The van der Waals surface area contributed by atoms with Gasteiger partial charge >= 0.3 is 0 Å². The summed E-state index contributed by atoms with van der Waals surface area (Å²) in [5.74, 6) is 0.634. The Bertz CT molecular complexity index is 1700. The van der Waals surface area contributed by atoms with Gasteiger partial charge in [-0.2, -0.15) is 0 Å². The van der Waals surface area contributed by atoms with Crippen molar-refractivity contribution in [1.29, 1.82) is 0 Å². The van der Waals surface area contributed by atoms with E-state index in [1.807, 2.05) is 78.9 Å². The Morgan fingerprint density at radius 2 is 1.70 bits per heavy atom. The number of nitrogens with zero attached hydrogens (tertiary/aromatic N) is 1. The van der Waals surface area contributed by atoms with Crippen molar-refractivity contribution in [2.24, 2.45) is 4.99 Å². The van der Waals surface area contributed by atoms with Gasteiger partial charge in [-0.3, -0.25) is 10.2 Å². The molecule has 0 saturated heterocycles. The van der Waals surface area contributed by atoms with E-state index in [4.69, 9.17) is 42.8 Å². The highest BCUT2D eigenvalue weighted by molar-refractivity contribution is 6.35. The average Bonchev–Trinajstić information content (AvgIpc) is 3.67. The molecule has 2 atom stereocenters. The first-order valence-electron chi connectivity index (χ1n) is 15.3. The van der Waals surface area contributed by atoms with Crippen LogP contribution in [0, 0.1) is 0 Å². The number of amides is 1. The molecule has 4 aromatic rings. The normalized spacial score (nSPS) is 19.1. The van der Waals surface area contributed by atoms with Crippen LogP contribution in [0.4, 0.5) is 0 Å². The maximum Gasteiger partial charge on any atom is 0.266 e. The number of carbonyl (C=O) groups is 1. The Morgan fingerprint density at radius 1 is 0.978 bits per heavy atom. The zero-order valence-electron chi connectivity index (χ0n) is 25.2. The highest BCUT2D eigenvalue weighted by atomic mass is 35.5. The van der Waals surface area contributed by atoms with E-state index in [1.165, 1.54) is 11.1 Å². The molecule has 46 heavy (non-hydrogen) atoms. The van der Waals surface area contributed by atoms with Gasteiger partial charge in [0.1, 0.15) is 5.75 Å². The van der Waals surface area contributed by atoms with Crippen molar-refractivity contribution in [1.82, 2.24) is 10.9 Å². The first-order valence-corrected chi connectivity index (χ1v) is 16.1. The summed E-state index contributed by atoms with van der Waals surface area (Å²) in [5.41, 5.74) is 9.72. The molecule has 1 aliphatic heterocycles. The molecule has 6 rings (SSSR count). The second-order valence-corrected chi connectivity index (χ2v) is 12.3. The number of ether oxygens (including phenoxy) is 2. The molecule has 0 fully saturated rings.